The van der Waals surface area contributed by atoms with E-state index in [4.69, 9.17) is 28.3 Å². The van der Waals surface area contributed by atoms with E-state index < -0.39 is 10.4 Å². The summed E-state index contributed by atoms with van der Waals surface area (Å²) in [5, 5.41) is 10.2. The fraction of sp³-hybridized carbons (Fsp3) is 0.182. The molecule has 0 aromatic heterocycles. The molecule has 0 fully saturated rings. The van der Waals surface area contributed by atoms with Crippen molar-refractivity contribution in [2.75, 3.05) is 5.01 Å². The first-order valence-corrected chi connectivity index (χ1v) is 5.68. The molecular weight excluding hydrogens is 263 g/mol. The van der Waals surface area contributed by atoms with Crippen LogP contribution in [0.3, 0.4) is 0 Å². The number of nitrogens with one attached hydrogen (secondary N) is 1. The van der Waals surface area contributed by atoms with Gasteiger partial charge in [-0.05, 0) is 18.2 Å². The topological polar surface area (TPSA) is 52.6 Å². The molecule has 1 aliphatic rings. The Labute approximate surface area is 108 Å². The summed E-state index contributed by atoms with van der Waals surface area (Å²) in [6.07, 6.45) is 1.34. The van der Waals surface area contributed by atoms with Gasteiger partial charge in [-0.1, -0.05) is 41.4 Å². The number of alkyl halides is 2. The first-order valence-electron chi connectivity index (χ1n) is 4.92. The van der Waals surface area contributed by atoms with Crippen molar-refractivity contribution in [3.8, 4) is 0 Å². The minimum Gasteiger partial charge on any atom is -0.481 e. The lowest BCUT2D eigenvalue weighted by atomic mass is 10.3. The number of carboxylic acid groups (broad SMARTS) is 1. The van der Waals surface area contributed by atoms with Gasteiger partial charge in [0, 0.05) is 5.70 Å². The first-order chi connectivity index (χ1) is 7.99. The average molecular weight is 273 g/mol. The fourth-order valence-electron chi connectivity index (χ4n) is 1.59. The maximum atomic E-state index is 10.6. The molecule has 1 aromatic carbocycles. The van der Waals surface area contributed by atoms with Crippen LogP contribution in [0.2, 0.25) is 0 Å². The summed E-state index contributed by atoms with van der Waals surface area (Å²) < 4.78 is -1.29. The van der Waals surface area contributed by atoms with Gasteiger partial charge in [-0.25, -0.2) is 5.01 Å². The summed E-state index contributed by atoms with van der Waals surface area (Å²) in [5.74, 6) is -0.942. The molecule has 17 heavy (non-hydrogen) atoms. The second-order valence-corrected chi connectivity index (χ2v) is 4.96. The highest BCUT2D eigenvalue weighted by Gasteiger charge is 2.37. The van der Waals surface area contributed by atoms with Gasteiger partial charge in [-0.3, -0.25) is 10.2 Å². The number of benzene rings is 1. The molecule has 0 amide bonds. The lowest BCUT2D eigenvalue weighted by Gasteiger charge is -2.28. The van der Waals surface area contributed by atoms with Gasteiger partial charge in [-0.15, -0.1) is 0 Å². The highest BCUT2D eigenvalue weighted by Crippen LogP contribution is 2.36. The second-order valence-electron chi connectivity index (χ2n) is 3.61. The van der Waals surface area contributed by atoms with Crippen LogP contribution in [0.15, 0.2) is 42.1 Å². The van der Waals surface area contributed by atoms with Crippen molar-refractivity contribution in [1.82, 2.24) is 5.43 Å². The zero-order chi connectivity index (χ0) is 12.5. The predicted molar refractivity (Wildman–Crippen MR) is 66.8 cm³/mol. The Morgan fingerprint density at radius 1 is 1.35 bits per heavy atom. The number of hydrogen-bond donors (Lipinski definition) is 2. The molecule has 0 saturated heterocycles. The Bertz CT molecular complexity index is 460. The van der Waals surface area contributed by atoms with Crippen molar-refractivity contribution >= 4 is 34.9 Å². The molecule has 0 radical (unpaired) electrons. The monoisotopic (exact) mass is 272 g/mol. The molecule has 0 aliphatic carbocycles. The number of rotatable bonds is 3. The number of hydrogen-bond acceptors (Lipinski definition) is 3. The van der Waals surface area contributed by atoms with E-state index in [9.17, 15) is 4.79 Å². The molecule has 2 rings (SSSR count). The van der Waals surface area contributed by atoms with Crippen molar-refractivity contribution in [1.29, 1.82) is 0 Å². The lowest BCUT2D eigenvalue weighted by Crippen LogP contribution is -2.42. The van der Waals surface area contributed by atoms with Gasteiger partial charge in [0.2, 0.25) is 4.46 Å². The third-order valence-electron chi connectivity index (χ3n) is 2.26. The Balaban J connectivity index is 2.21. The molecule has 1 heterocycles. The SMILES string of the molecule is O=C(O)CC1=CC(Cl)(Cl)N(c2ccccc2)N1. The number of hydrazine groups is 1. The van der Waals surface area contributed by atoms with Crippen LogP contribution >= 0.6 is 23.2 Å². The smallest absolute Gasteiger partial charge is 0.309 e. The molecule has 6 heteroatoms. The van der Waals surface area contributed by atoms with Crippen LogP contribution < -0.4 is 10.4 Å². The number of aliphatic carboxylic acids is 1. The van der Waals surface area contributed by atoms with Crippen LogP contribution in [0.4, 0.5) is 5.69 Å². The normalized spacial score (nSPS) is 17.5. The quantitative estimate of drug-likeness (QED) is 0.656. The van der Waals surface area contributed by atoms with E-state index in [2.05, 4.69) is 5.43 Å². The van der Waals surface area contributed by atoms with E-state index in [0.717, 1.165) is 5.69 Å². The molecule has 2 N–H and O–H groups in total. The van der Waals surface area contributed by atoms with Crippen molar-refractivity contribution in [2.24, 2.45) is 0 Å². The highest BCUT2D eigenvalue weighted by molar-refractivity contribution is 6.51. The van der Waals surface area contributed by atoms with Gasteiger partial charge in [-0.2, -0.15) is 0 Å². The summed E-state index contributed by atoms with van der Waals surface area (Å²) >= 11 is 12.2. The minimum atomic E-state index is -1.29. The highest BCUT2D eigenvalue weighted by atomic mass is 35.5. The molecule has 0 atom stereocenters. The summed E-state index contributed by atoms with van der Waals surface area (Å²) in [7, 11) is 0. The third kappa shape index (κ3) is 2.65. The van der Waals surface area contributed by atoms with Crippen molar-refractivity contribution in [2.45, 2.75) is 10.9 Å². The number of carboxylic acids is 1. The van der Waals surface area contributed by atoms with Crippen molar-refractivity contribution in [3.05, 3.63) is 42.1 Å². The Morgan fingerprint density at radius 2 is 2.00 bits per heavy atom. The number of anilines is 1. The van der Waals surface area contributed by atoms with Crippen LogP contribution in [0.25, 0.3) is 0 Å². The van der Waals surface area contributed by atoms with Crippen molar-refractivity contribution < 1.29 is 9.90 Å². The van der Waals surface area contributed by atoms with E-state index in [1.807, 2.05) is 30.3 Å². The van der Waals surface area contributed by atoms with Crippen LogP contribution in [-0.4, -0.2) is 15.5 Å². The van der Waals surface area contributed by atoms with Gasteiger partial charge in [0.1, 0.15) is 0 Å². The molecule has 1 aromatic rings. The lowest BCUT2D eigenvalue weighted by molar-refractivity contribution is -0.136. The van der Waals surface area contributed by atoms with E-state index in [-0.39, 0.29) is 6.42 Å². The number of nitrogens with zero attached hydrogens (tertiary/aromatic N) is 1. The van der Waals surface area contributed by atoms with Gasteiger partial charge >= 0.3 is 5.97 Å². The van der Waals surface area contributed by atoms with Gasteiger partial charge in [0.05, 0.1) is 12.1 Å². The fourth-order valence-corrected chi connectivity index (χ4v) is 2.13. The Kier molecular flexibility index (Phi) is 3.17. The molecular formula is C11H10Cl2N2O2. The Hall–Kier alpha value is -1.39. The summed E-state index contributed by atoms with van der Waals surface area (Å²) in [5.41, 5.74) is 4.10. The largest absolute Gasteiger partial charge is 0.481 e. The second kappa shape index (κ2) is 4.47. The number of halogens is 2. The summed E-state index contributed by atoms with van der Waals surface area (Å²) in [6.45, 7) is 0. The van der Waals surface area contributed by atoms with Crippen LogP contribution in [0.5, 0.6) is 0 Å². The minimum absolute atomic E-state index is 0.148. The predicted octanol–water partition coefficient (Wildman–Crippen LogP) is 2.50. The summed E-state index contributed by atoms with van der Waals surface area (Å²) in [4.78, 5) is 10.6. The maximum Gasteiger partial charge on any atom is 0.309 e. The number of para-hydroxylation sites is 1. The average Bonchev–Trinajstić information content (AvgIpc) is 2.53. The Morgan fingerprint density at radius 3 is 2.59 bits per heavy atom. The van der Waals surface area contributed by atoms with E-state index >= 15 is 0 Å². The molecule has 4 nitrogen and oxygen atoms in total. The van der Waals surface area contributed by atoms with Crippen molar-refractivity contribution in [3.63, 3.8) is 0 Å². The molecule has 0 bridgehead atoms. The zero-order valence-electron chi connectivity index (χ0n) is 8.73. The number of carbonyl (C=O) groups is 1. The van der Waals surface area contributed by atoms with Crippen LogP contribution in [0, 0.1) is 0 Å². The van der Waals surface area contributed by atoms with Gasteiger partial charge in [0.15, 0.2) is 0 Å². The third-order valence-corrected chi connectivity index (χ3v) is 2.81. The molecule has 90 valence electrons. The summed E-state index contributed by atoms with van der Waals surface area (Å²) in [6, 6.07) is 9.20. The first kappa shape index (κ1) is 12.1. The van der Waals surface area contributed by atoms with Crippen LogP contribution in [0.1, 0.15) is 6.42 Å². The van der Waals surface area contributed by atoms with E-state index in [1.54, 1.807) is 0 Å². The maximum absolute atomic E-state index is 10.6. The van der Waals surface area contributed by atoms with Gasteiger partial charge in [0.25, 0.3) is 0 Å². The van der Waals surface area contributed by atoms with E-state index in [1.165, 1.54) is 11.1 Å². The standard InChI is InChI=1S/C11H10Cl2N2O2/c12-11(13)7-8(6-10(16)17)14-15(11)9-4-2-1-3-5-9/h1-5,7,14H,6H2,(H,16,17). The van der Waals surface area contributed by atoms with E-state index in [0.29, 0.717) is 5.70 Å². The van der Waals surface area contributed by atoms with Gasteiger partial charge < -0.3 is 5.11 Å². The molecule has 0 spiro atoms. The molecule has 1 aliphatic heterocycles. The molecule has 0 saturated carbocycles. The van der Waals surface area contributed by atoms with Crippen LogP contribution in [-0.2, 0) is 4.79 Å². The zero-order valence-corrected chi connectivity index (χ0v) is 10.2. The molecule has 0 unspecified atom stereocenters.